The lowest BCUT2D eigenvalue weighted by Crippen LogP contribution is -2.20. The maximum absolute atomic E-state index is 12.6. The molecule has 0 aromatic carbocycles. The smallest absolute Gasteiger partial charge is 0.368 e. The van der Waals surface area contributed by atoms with Gasteiger partial charge in [0.2, 0.25) is 5.95 Å². The first-order chi connectivity index (χ1) is 9.34. The number of rotatable bonds is 4. The van der Waals surface area contributed by atoms with E-state index in [4.69, 9.17) is 5.73 Å². The molecule has 0 amide bonds. The van der Waals surface area contributed by atoms with Crippen molar-refractivity contribution in [2.45, 2.75) is 25.6 Å². The maximum atomic E-state index is 12.6. The molecule has 0 spiro atoms. The minimum atomic E-state index is -4.54. The highest BCUT2D eigenvalue weighted by atomic mass is 32.1. The van der Waals surface area contributed by atoms with Gasteiger partial charge in [-0.25, -0.2) is 4.98 Å². The average Bonchev–Trinajstić information content (AvgIpc) is 2.79. The molecule has 0 aliphatic heterocycles. The quantitative estimate of drug-likeness (QED) is 0.910. The molecular weight excluding hydrogens is 289 g/mol. The van der Waals surface area contributed by atoms with Crippen LogP contribution in [0.15, 0.2) is 23.6 Å². The molecule has 20 heavy (non-hydrogen) atoms. The van der Waals surface area contributed by atoms with Gasteiger partial charge in [0.1, 0.15) is 5.82 Å². The minimum absolute atomic E-state index is 0.0657. The van der Waals surface area contributed by atoms with Gasteiger partial charge < -0.3 is 11.1 Å². The van der Waals surface area contributed by atoms with Gasteiger partial charge in [0.25, 0.3) is 0 Å². The Hall–Kier alpha value is -1.83. The predicted octanol–water partition coefficient (Wildman–Crippen LogP) is 3.18. The number of aromatic nitrogens is 2. The van der Waals surface area contributed by atoms with Crippen molar-refractivity contribution in [3.63, 3.8) is 0 Å². The summed E-state index contributed by atoms with van der Waals surface area (Å²) in [5.74, 6) is -0.320. The van der Waals surface area contributed by atoms with Crippen molar-refractivity contribution in [3.05, 3.63) is 34.2 Å². The topological polar surface area (TPSA) is 63.8 Å². The Morgan fingerprint density at radius 3 is 2.75 bits per heavy atom. The van der Waals surface area contributed by atoms with E-state index in [9.17, 15) is 13.2 Å². The highest BCUT2D eigenvalue weighted by Gasteiger charge is 2.33. The molecule has 108 valence electrons. The molecule has 0 radical (unpaired) electrons. The fourth-order valence-electron chi connectivity index (χ4n) is 1.72. The van der Waals surface area contributed by atoms with Crippen molar-refractivity contribution in [1.29, 1.82) is 0 Å². The second-order valence-corrected chi connectivity index (χ2v) is 5.36. The van der Waals surface area contributed by atoms with Gasteiger partial charge in [-0.2, -0.15) is 18.2 Å². The molecule has 0 aliphatic rings. The van der Waals surface area contributed by atoms with Crippen molar-refractivity contribution in [2.75, 3.05) is 11.1 Å². The van der Waals surface area contributed by atoms with Gasteiger partial charge in [0.05, 0.1) is 0 Å². The summed E-state index contributed by atoms with van der Waals surface area (Å²) in [7, 11) is 0. The third-order valence-electron chi connectivity index (χ3n) is 2.52. The summed E-state index contributed by atoms with van der Waals surface area (Å²) in [5.41, 5.74) is 4.26. The van der Waals surface area contributed by atoms with Crippen LogP contribution in [-0.4, -0.2) is 16.0 Å². The second kappa shape index (κ2) is 5.66. The number of nitrogens with zero attached hydrogens (tertiary/aromatic N) is 2. The van der Waals surface area contributed by atoms with E-state index < -0.39 is 17.8 Å². The fourth-order valence-corrected chi connectivity index (χ4v) is 2.55. The zero-order chi connectivity index (χ0) is 14.8. The Morgan fingerprint density at radius 1 is 1.40 bits per heavy atom. The predicted molar refractivity (Wildman–Crippen MR) is 72.6 cm³/mol. The van der Waals surface area contributed by atoms with E-state index in [1.807, 2.05) is 24.4 Å². The minimum Gasteiger partial charge on any atom is -0.368 e. The van der Waals surface area contributed by atoms with E-state index in [1.165, 1.54) is 0 Å². The van der Waals surface area contributed by atoms with Crippen molar-refractivity contribution in [2.24, 2.45) is 0 Å². The maximum Gasteiger partial charge on any atom is 0.433 e. The van der Waals surface area contributed by atoms with Crippen LogP contribution in [0, 0.1) is 0 Å². The van der Waals surface area contributed by atoms with Crippen LogP contribution in [-0.2, 0) is 12.6 Å². The molecule has 2 rings (SSSR count). The number of nitrogens with two attached hydrogens (primary N) is 1. The summed E-state index contributed by atoms with van der Waals surface area (Å²) in [6, 6.07) is 4.69. The van der Waals surface area contributed by atoms with Crippen molar-refractivity contribution < 1.29 is 13.2 Å². The number of thiophene rings is 1. The fraction of sp³-hybridized carbons (Fsp3) is 0.333. The van der Waals surface area contributed by atoms with Gasteiger partial charge in [0.15, 0.2) is 5.69 Å². The second-order valence-electron chi connectivity index (χ2n) is 4.32. The number of halogens is 3. The highest BCUT2D eigenvalue weighted by molar-refractivity contribution is 7.09. The number of nitrogen functional groups attached to an aromatic ring is 1. The van der Waals surface area contributed by atoms with Crippen LogP contribution in [0.3, 0.4) is 0 Å². The van der Waals surface area contributed by atoms with Gasteiger partial charge in [-0.1, -0.05) is 6.07 Å². The summed E-state index contributed by atoms with van der Waals surface area (Å²) in [6.07, 6.45) is -3.84. The molecule has 1 unspecified atom stereocenters. The van der Waals surface area contributed by atoms with E-state index in [1.54, 1.807) is 11.3 Å². The molecule has 0 saturated carbocycles. The lowest BCUT2D eigenvalue weighted by molar-refractivity contribution is -0.141. The van der Waals surface area contributed by atoms with Crippen molar-refractivity contribution in [3.8, 4) is 0 Å². The number of hydrogen-bond acceptors (Lipinski definition) is 5. The van der Waals surface area contributed by atoms with E-state index >= 15 is 0 Å². The van der Waals surface area contributed by atoms with E-state index in [0.29, 0.717) is 6.42 Å². The lowest BCUT2D eigenvalue weighted by atomic mass is 10.2. The molecule has 8 heteroatoms. The number of hydrogen-bond donors (Lipinski definition) is 2. The number of anilines is 2. The third-order valence-corrected chi connectivity index (χ3v) is 3.41. The number of nitrogens with one attached hydrogen (secondary N) is 1. The van der Waals surface area contributed by atoms with Crippen LogP contribution >= 0.6 is 11.3 Å². The lowest BCUT2D eigenvalue weighted by Gasteiger charge is -2.15. The molecule has 0 bridgehead atoms. The number of alkyl halides is 3. The summed E-state index contributed by atoms with van der Waals surface area (Å²) in [5, 5.41) is 4.86. The molecule has 3 N–H and O–H groups in total. The van der Waals surface area contributed by atoms with Crippen LogP contribution in [0.4, 0.5) is 24.9 Å². The highest BCUT2D eigenvalue weighted by Crippen LogP contribution is 2.29. The van der Waals surface area contributed by atoms with Crippen molar-refractivity contribution in [1.82, 2.24) is 9.97 Å². The molecule has 1 atom stereocenters. The molecule has 4 nitrogen and oxygen atoms in total. The van der Waals surface area contributed by atoms with E-state index in [0.717, 1.165) is 10.9 Å². The summed E-state index contributed by atoms with van der Waals surface area (Å²) in [4.78, 5) is 8.11. The van der Waals surface area contributed by atoms with Crippen molar-refractivity contribution >= 4 is 23.1 Å². The first-order valence-corrected chi connectivity index (χ1v) is 6.73. The average molecular weight is 302 g/mol. The van der Waals surface area contributed by atoms with Crippen LogP contribution in [0.1, 0.15) is 17.5 Å². The zero-order valence-electron chi connectivity index (χ0n) is 10.6. The van der Waals surface area contributed by atoms with Gasteiger partial charge in [-0.05, 0) is 18.4 Å². The van der Waals surface area contributed by atoms with Crippen LogP contribution < -0.4 is 11.1 Å². The first-order valence-electron chi connectivity index (χ1n) is 5.85. The van der Waals surface area contributed by atoms with Gasteiger partial charge in [-0.3, -0.25) is 0 Å². The molecule has 0 fully saturated rings. The standard InChI is InChI=1S/C12H13F3N4S/c1-7(5-8-3-2-4-20-8)17-10-6-9(12(13,14)15)18-11(16)19-10/h2-4,6-7H,5H2,1H3,(H3,16,17,18,19). The third kappa shape index (κ3) is 3.83. The Morgan fingerprint density at radius 2 is 2.15 bits per heavy atom. The molecule has 2 aromatic heterocycles. The van der Waals surface area contributed by atoms with Gasteiger partial charge in [0, 0.05) is 23.4 Å². The Bertz CT molecular complexity index is 569. The summed E-state index contributed by atoms with van der Waals surface area (Å²) < 4.78 is 37.9. The Balaban J connectivity index is 2.11. The normalized spacial score (nSPS) is 13.2. The first kappa shape index (κ1) is 14.6. The molecule has 0 aliphatic carbocycles. The molecule has 0 saturated heterocycles. The summed E-state index contributed by atoms with van der Waals surface area (Å²) in [6.45, 7) is 1.87. The monoisotopic (exact) mass is 302 g/mol. The van der Waals surface area contributed by atoms with Crippen LogP contribution in [0.5, 0.6) is 0 Å². The SMILES string of the molecule is CC(Cc1cccs1)Nc1cc(C(F)(F)F)nc(N)n1. The van der Waals surface area contributed by atoms with Crippen LogP contribution in [0.2, 0.25) is 0 Å². The Labute approximate surface area is 117 Å². The largest absolute Gasteiger partial charge is 0.433 e. The van der Waals surface area contributed by atoms with Crippen LogP contribution in [0.25, 0.3) is 0 Å². The Kier molecular flexibility index (Phi) is 4.12. The van der Waals surface area contributed by atoms with E-state index in [2.05, 4.69) is 15.3 Å². The molecular formula is C12H13F3N4S. The van der Waals surface area contributed by atoms with E-state index in [-0.39, 0.29) is 11.9 Å². The molecule has 2 aromatic rings. The zero-order valence-corrected chi connectivity index (χ0v) is 11.4. The molecule has 2 heterocycles. The van der Waals surface area contributed by atoms with Gasteiger partial charge >= 0.3 is 6.18 Å². The summed E-state index contributed by atoms with van der Waals surface area (Å²) >= 11 is 1.59. The van der Waals surface area contributed by atoms with Gasteiger partial charge in [-0.15, -0.1) is 11.3 Å².